The average Bonchev–Trinajstić information content (AvgIpc) is 2.77. The summed E-state index contributed by atoms with van der Waals surface area (Å²) in [4.78, 5) is 24.3. The fourth-order valence-corrected chi connectivity index (χ4v) is 2.02. The lowest BCUT2D eigenvalue weighted by molar-refractivity contribution is -0.144. The molecule has 19 heavy (non-hydrogen) atoms. The van der Waals surface area contributed by atoms with E-state index in [0.29, 0.717) is 26.0 Å². The molecule has 0 saturated carbocycles. The Morgan fingerprint density at radius 1 is 1.42 bits per heavy atom. The van der Waals surface area contributed by atoms with Crippen molar-refractivity contribution >= 4 is 12.1 Å². The summed E-state index contributed by atoms with van der Waals surface area (Å²) in [6.07, 6.45) is 3.92. The molecule has 0 saturated heterocycles. The van der Waals surface area contributed by atoms with Crippen LogP contribution >= 0.6 is 0 Å². The predicted molar refractivity (Wildman–Crippen MR) is 68.5 cm³/mol. The summed E-state index contributed by atoms with van der Waals surface area (Å²) >= 11 is 0. The number of aliphatic hydroxyl groups is 1. The molecule has 6 nitrogen and oxygen atoms in total. The Morgan fingerprint density at radius 2 is 2.16 bits per heavy atom. The summed E-state index contributed by atoms with van der Waals surface area (Å²) in [5.74, 6) is -0.339. The number of carbonyl (C=O) groups excluding carboxylic acids is 2. The molecular formula is C13H21NO5. The zero-order valence-electron chi connectivity index (χ0n) is 11.4. The van der Waals surface area contributed by atoms with Gasteiger partial charge in [0.15, 0.2) is 0 Å². The molecule has 0 heterocycles. The molecule has 1 aliphatic rings. The normalized spacial score (nSPS) is 21.2. The van der Waals surface area contributed by atoms with E-state index in [1.165, 1.54) is 6.92 Å². The Morgan fingerprint density at radius 3 is 2.74 bits per heavy atom. The lowest BCUT2D eigenvalue weighted by atomic mass is 10.2. The van der Waals surface area contributed by atoms with E-state index in [1.807, 2.05) is 6.08 Å². The van der Waals surface area contributed by atoms with Crippen molar-refractivity contribution in [3.05, 3.63) is 12.2 Å². The monoisotopic (exact) mass is 271 g/mol. The Bertz CT molecular complexity index is 342. The minimum absolute atomic E-state index is 0.0136. The molecule has 1 rings (SSSR count). The maximum absolute atomic E-state index is 11.8. The van der Waals surface area contributed by atoms with Crippen LogP contribution in [-0.4, -0.2) is 54.0 Å². The summed E-state index contributed by atoms with van der Waals surface area (Å²) in [5.41, 5.74) is 0. The molecule has 0 spiro atoms. The maximum atomic E-state index is 11.8. The van der Waals surface area contributed by atoms with Crippen molar-refractivity contribution in [2.24, 2.45) is 0 Å². The van der Waals surface area contributed by atoms with Crippen LogP contribution in [0.1, 0.15) is 26.7 Å². The van der Waals surface area contributed by atoms with Crippen molar-refractivity contribution in [2.45, 2.75) is 38.8 Å². The molecule has 0 radical (unpaired) electrons. The highest BCUT2D eigenvalue weighted by molar-refractivity contribution is 5.69. The van der Waals surface area contributed by atoms with Crippen molar-refractivity contribution in [3.63, 3.8) is 0 Å². The fourth-order valence-electron chi connectivity index (χ4n) is 2.02. The summed E-state index contributed by atoms with van der Waals surface area (Å²) in [5, 5.41) is 8.87. The number of rotatable bonds is 6. The van der Waals surface area contributed by atoms with Crippen LogP contribution in [0.15, 0.2) is 12.2 Å². The Balaban J connectivity index is 2.59. The Kier molecular flexibility index (Phi) is 6.35. The molecule has 1 N–H and O–H groups in total. The molecule has 0 bridgehead atoms. The molecule has 0 aromatic rings. The van der Waals surface area contributed by atoms with Crippen molar-refractivity contribution in [3.8, 4) is 0 Å². The standard InChI is InChI=1S/C13H21NO5/c1-3-18-13(17)14(7-4-8-15)11-5-6-12(9-11)19-10(2)16/h5-6,11-12,15H,3-4,7-9H2,1-2H3/t11-,12+/m1/s1. The van der Waals surface area contributed by atoms with Crippen molar-refractivity contribution < 1.29 is 24.2 Å². The van der Waals surface area contributed by atoms with Crippen LogP contribution in [0, 0.1) is 0 Å². The topological polar surface area (TPSA) is 76.1 Å². The van der Waals surface area contributed by atoms with Crippen molar-refractivity contribution in [1.82, 2.24) is 4.90 Å². The average molecular weight is 271 g/mol. The van der Waals surface area contributed by atoms with Gasteiger partial charge in [-0.15, -0.1) is 0 Å². The lowest BCUT2D eigenvalue weighted by Crippen LogP contribution is -2.40. The fraction of sp³-hybridized carbons (Fsp3) is 0.692. The number of amides is 1. The number of hydrogen-bond donors (Lipinski definition) is 1. The van der Waals surface area contributed by atoms with Crippen LogP contribution in [-0.2, 0) is 14.3 Å². The minimum atomic E-state index is -0.408. The van der Waals surface area contributed by atoms with Gasteiger partial charge in [-0.25, -0.2) is 4.79 Å². The molecular weight excluding hydrogens is 250 g/mol. The molecule has 0 fully saturated rings. The van der Waals surface area contributed by atoms with E-state index in [1.54, 1.807) is 17.9 Å². The van der Waals surface area contributed by atoms with E-state index in [-0.39, 0.29) is 24.7 Å². The Labute approximate surface area is 113 Å². The van der Waals surface area contributed by atoms with Crippen LogP contribution in [0.2, 0.25) is 0 Å². The first-order valence-electron chi connectivity index (χ1n) is 6.48. The summed E-state index contributed by atoms with van der Waals surface area (Å²) in [6.45, 7) is 3.83. The predicted octanol–water partition coefficient (Wildman–Crippen LogP) is 1.09. The van der Waals surface area contributed by atoms with Crippen LogP contribution in [0.5, 0.6) is 0 Å². The van der Waals surface area contributed by atoms with Crippen molar-refractivity contribution in [2.75, 3.05) is 19.8 Å². The summed E-state index contributed by atoms with van der Waals surface area (Å²) < 4.78 is 10.1. The number of nitrogens with zero attached hydrogens (tertiary/aromatic N) is 1. The molecule has 2 atom stereocenters. The van der Waals surface area contributed by atoms with E-state index >= 15 is 0 Å². The second-order valence-corrected chi connectivity index (χ2v) is 4.31. The highest BCUT2D eigenvalue weighted by Crippen LogP contribution is 2.21. The molecule has 1 amide bonds. The first-order valence-corrected chi connectivity index (χ1v) is 6.48. The number of aliphatic hydroxyl groups excluding tert-OH is 1. The second-order valence-electron chi connectivity index (χ2n) is 4.31. The van der Waals surface area contributed by atoms with E-state index in [0.717, 1.165) is 0 Å². The molecule has 0 unspecified atom stereocenters. The van der Waals surface area contributed by atoms with E-state index in [4.69, 9.17) is 14.6 Å². The third-order valence-electron chi connectivity index (χ3n) is 2.80. The van der Waals surface area contributed by atoms with Crippen LogP contribution in [0.4, 0.5) is 4.79 Å². The number of hydrogen-bond acceptors (Lipinski definition) is 5. The zero-order valence-corrected chi connectivity index (χ0v) is 11.4. The lowest BCUT2D eigenvalue weighted by Gasteiger charge is -2.27. The Hall–Kier alpha value is -1.56. The molecule has 0 aromatic carbocycles. The van der Waals surface area contributed by atoms with Crippen LogP contribution < -0.4 is 0 Å². The molecule has 108 valence electrons. The van der Waals surface area contributed by atoms with Gasteiger partial charge in [0.1, 0.15) is 6.10 Å². The second kappa shape index (κ2) is 7.78. The van der Waals surface area contributed by atoms with Crippen LogP contribution in [0.25, 0.3) is 0 Å². The highest BCUT2D eigenvalue weighted by Gasteiger charge is 2.29. The third-order valence-corrected chi connectivity index (χ3v) is 2.80. The van der Waals surface area contributed by atoms with E-state index < -0.39 is 6.09 Å². The largest absolute Gasteiger partial charge is 0.458 e. The van der Waals surface area contributed by atoms with Gasteiger partial charge in [-0.2, -0.15) is 0 Å². The van der Waals surface area contributed by atoms with Gasteiger partial charge in [-0.05, 0) is 19.4 Å². The van der Waals surface area contributed by atoms with E-state index in [9.17, 15) is 9.59 Å². The van der Waals surface area contributed by atoms with Gasteiger partial charge < -0.3 is 19.5 Å². The quantitative estimate of drug-likeness (QED) is 0.578. The first kappa shape index (κ1) is 15.5. The van der Waals surface area contributed by atoms with E-state index in [2.05, 4.69) is 0 Å². The van der Waals surface area contributed by atoms with Crippen molar-refractivity contribution in [1.29, 1.82) is 0 Å². The molecule has 0 aliphatic heterocycles. The molecule has 0 aromatic heterocycles. The molecule has 1 aliphatic carbocycles. The van der Waals surface area contributed by atoms with Crippen LogP contribution in [0.3, 0.4) is 0 Å². The summed E-state index contributed by atoms with van der Waals surface area (Å²) in [7, 11) is 0. The van der Waals surface area contributed by atoms with Gasteiger partial charge in [-0.1, -0.05) is 6.08 Å². The number of carbonyl (C=O) groups is 2. The molecule has 6 heteroatoms. The first-order chi connectivity index (χ1) is 9.08. The maximum Gasteiger partial charge on any atom is 0.410 e. The van der Waals surface area contributed by atoms with Gasteiger partial charge in [0.05, 0.1) is 12.6 Å². The summed E-state index contributed by atoms with van der Waals surface area (Å²) in [6, 6.07) is -0.157. The van der Waals surface area contributed by atoms with Gasteiger partial charge >= 0.3 is 12.1 Å². The van der Waals surface area contributed by atoms with Gasteiger partial charge in [0.25, 0.3) is 0 Å². The number of esters is 1. The van der Waals surface area contributed by atoms with Gasteiger partial charge in [0, 0.05) is 26.5 Å². The highest BCUT2D eigenvalue weighted by atomic mass is 16.6. The van der Waals surface area contributed by atoms with Gasteiger partial charge in [-0.3, -0.25) is 4.79 Å². The minimum Gasteiger partial charge on any atom is -0.458 e. The SMILES string of the molecule is CCOC(=O)N(CCCO)[C@@H]1C=C[C@H](OC(C)=O)C1. The van der Waals surface area contributed by atoms with Gasteiger partial charge in [0.2, 0.25) is 0 Å². The number of ether oxygens (including phenoxy) is 2. The smallest absolute Gasteiger partial charge is 0.410 e. The third kappa shape index (κ3) is 4.90. The zero-order chi connectivity index (χ0) is 14.3.